The summed E-state index contributed by atoms with van der Waals surface area (Å²) in [5.41, 5.74) is 7.79. The zero-order valence-corrected chi connectivity index (χ0v) is 17.8. The van der Waals surface area contributed by atoms with Crippen LogP contribution in [0.25, 0.3) is 22.4 Å². The van der Waals surface area contributed by atoms with Gasteiger partial charge in [0.15, 0.2) is 0 Å². The van der Waals surface area contributed by atoms with Gasteiger partial charge < -0.3 is 10.8 Å². The van der Waals surface area contributed by atoms with Gasteiger partial charge in [-0.3, -0.25) is 4.98 Å². The molecule has 0 spiro atoms. The Bertz CT molecular complexity index is 1110. The van der Waals surface area contributed by atoms with E-state index in [1.165, 1.54) is 18.5 Å². The van der Waals surface area contributed by atoms with E-state index in [2.05, 4.69) is 14.7 Å². The van der Waals surface area contributed by atoms with Gasteiger partial charge in [-0.25, -0.2) is 22.5 Å². The molecule has 1 heterocycles. The van der Waals surface area contributed by atoms with Gasteiger partial charge in [0.1, 0.15) is 11.6 Å². The summed E-state index contributed by atoms with van der Waals surface area (Å²) < 4.78 is 41.9. The van der Waals surface area contributed by atoms with Gasteiger partial charge in [-0.05, 0) is 35.7 Å². The van der Waals surface area contributed by atoms with Crippen molar-refractivity contribution in [3.63, 3.8) is 0 Å². The minimum absolute atomic E-state index is 0. The molecule has 0 aliphatic rings. The third-order valence-corrected chi connectivity index (χ3v) is 5.70. The summed E-state index contributed by atoms with van der Waals surface area (Å²) in [5.74, 6) is -0.559. The predicted octanol–water partition coefficient (Wildman–Crippen LogP) is 2.75. The van der Waals surface area contributed by atoms with E-state index in [9.17, 15) is 12.8 Å². The van der Waals surface area contributed by atoms with Crippen LogP contribution < -0.4 is 10.5 Å². The first-order valence-electron chi connectivity index (χ1n) is 8.85. The normalized spacial score (nSPS) is 12.2. The van der Waals surface area contributed by atoms with E-state index in [1.54, 1.807) is 43.3 Å². The molecule has 0 radical (unpaired) electrons. The minimum Gasteiger partial charge on any atom is -0.395 e. The highest BCUT2D eigenvalue weighted by Gasteiger charge is 2.18. The average molecular weight is 453 g/mol. The Hall–Kier alpha value is -2.59. The van der Waals surface area contributed by atoms with E-state index in [0.29, 0.717) is 22.4 Å². The van der Waals surface area contributed by atoms with Gasteiger partial charge in [0.25, 0.3) is 0 Å². The molecule has 0 fully saturated rings. The lowest BCUT2D eigenvalue weighted by atomic mass is 9.98. The average Bonchev–Trinajstić information content (AvgIpc) is 2.68. The number of rotatable bonds is 7. The van der Waals surface area contributed by atoms with E-state index in [4.69, 9.17) is 10.8 Å². The maximum absolute atomic E-state index is 14.8. The highest BCUT2D eigenvalue weighted by atomic mass is 35.5. The van der Waals surface area contributed by atoms with E-state index in [-0.39, 0.29) is 36.1 Å². The Labute approximate surface area is 180 Å². The molecule has 3 aromatic rings. The van der Waals surface area contributed by atoms with Gasteiger partial charge in [0, 0.05) is 11.6 Å². The number of sulfonamides is 1. The van der Waals surface area contributed by atoms with Crippen LogP contribution in [0.4, 0.5) is 10.2 Å². The van der Waals surface area contributed by atoms with Crippen molar-refractivity contribution in [2.75, 3.05) is 12.3 Å². The number of nitrogens with one attached hydrogen (secondary N) is 1. The Morgan fingerprint density at radius 3 is 2.50 bits per heavy atom. The Morgan fingerprint density at radius 2 is 1.87 bits per heavy atom. The number of hydrogen-bond acceptors (Lipinski definition) is 6. The lowest BCUT2D eigenvalue weighted by molar-refractivity contribution is 0.265. The molecular formula is C20H22ClFN4O3S. The van der Waals surface area contributed by atoms with Crippen LogP contribution in [0.15, 0.2) is 54.9 Å². The smallest absolute Gasteiger partial charge is 0.216 e. The fourth-order valence-corrected chi connectivity index (χ4v) is 4.32. The number of nitrogens with zero attached hydrogens (tertiary/aromatic N) is 2. The van der Waals surface area contributed by atoms with Crippen LogP contribution >= 0.6 is 12.4 Å². The maximum Gasteiger partial charge on any atom is 0.216 e. The first-order chi connectivity index (χ1) is 13.8. The van der Waals surface area contributed by atoms with Gasteiger partial charge in [0.05, 0.1) is 30.4 Å². The second-order valence-electron chi connectivity index (χ2n) is 6.64. The van der Waals surface area contributed by atoms with Gasteiger partial charge >= 0.3 is 0 Å². The fraction of sp³-hybridized carbons (Fsp3) is 0.200. The van der Waals surface area contributed by atoms with Crippen molar-refractivity contribution >= 4 is 28.2 Å². The molecule has 1 aromatic heterocycles. The van der Waals surface area contributed by atoms with E-state index < -0.39 is 21.9 Å². The SMILES string of the molecule is CC(CO)NS(=O)(=O)Cc1ccccc1-c1ccc(-c2cnc(N)cn2)c(F)c1.Cl. The third-order valence-electron chi connectivity index (χ3n) is 4.25. The molecule has 0 bridgehead atoms. The van der Waals surface area contributed by atoms with Crippen molar-refractivity contribution in [1.29, 1.82) is 0 Å². The summed E-state index contributed by atoms with van der Waals surface area (Å²) in [4.78, 5) is 8.00. The summed E-state index contributed by atoms with van der Waals surface area (Å²) in [6.45, 7) is 1.26. The molecular weight excluding hydrogens is 431 g/mol. The van der Waals surface area contributed by atoms with Crippen molar-refractivity contribution in [3.8, 4) is 22.4 Å². The Morgan fingerprint density at radius 1 is 1.13 bits per heavy atom. The summed E-state index contributed by atoms with van der Waals surface area (Å²) in [5, 5.41) is 9.08. The number of aliphatic hydroxyl groups excluding tert-OH is 1. The molecule has 4 N–H and O–H groups in total. The van der Waals surface area contributed by atoms with Crippen LogP contribution in [-0.2, 0) is 15.8 Å². The molecule has 10 heteroatoms. The van der Waals surface area contributed by atoms with Crippen molar-refractivity contribution in [2.45, 2.75) is 18.7 Å². The summed E-state index contributed by atoms with van der Waals surface area (Å²) in [6.07, 6.45) is 2.74. The van der Waals surface area contributed by atoms with Crippen LogP contribution in [0, 0.1) is 5.82 Å². The number of halogens is 2. The molecule has 7 nitrogen and oxygen atoms in total. The zero-order valence-electron chi connectivity index (χ0n) is 16.1. The number of aliphatic hydroxyl groups is 1. The molecule has 0 saturated carbocycles. The number of anilines is 1. The monoisotopic (exact) mass is 452 g/mol. The minimum atomic E-state index is -3.68. The quantitative estimate of drug-likeness (QED) is 0.507. The molecule has 1 atom stereocenters. The maximum atomic E-state index is 14.8. The number of nitrogens with two attached hydrogens (primary N) is 1. The van der Waals surface area contributed by atoms with Crippen molar-refractivity contribution < 1.29 is 17.9 Å². The molecule has 3 rings (SSSR count). The predicted molar refractivity (Wildman–Crippen MR) is 117 cm³/mol. The molecule has 0 saturated heterocycles. The highest BCUT2D eigenvalue weighted by Crippen LogP contribution is 2.29. The van der Waals surface area contributed by atoms with Crippen LogP contribution in [0.5, 0.6) is 0 Å². The lowest BCUT2D eigenvalue weighted by Gasteiger charge is -2.14. The Balaban J connectivity index is 0.00000320. The first kappa shape index (κ1) is 23.7. The van der Waals surface area contributed by atoms with Gasteiger partial charge in [-0.15, -0.1) is 12.4 Å². The second-order valence-corrected chi connectivity index (χ2v) is 8.39. The number of benzene rings is 2. The lowest BCUT2D eigenvalue weighted by Crippen LogP contribution is -2.35. The van der Waals surface area contributed by atoms with Crippen LogP contribution in [0.2, 0.25) is 0 Å². The number of aromatic nitrogens is 2. The molecule has 0 aliphatic carbocycles. The molecule has 2 aromatic carbocycles. The molecule has 0 amide bonds. The summed E-state index contributed by atoms with van der Waals surface area (Å²) in [6, 6.07) is 10.9. The highest BCUT2D eigenvalue weighted by molar-refractivity contribution is 7.88. The van der Waals surface area contributed by atoms with Crippen LogP contribution in [0.3, 0.4) is 0 Å². The second kappa shape index (κ2) is 9.94. The van der Waals surface area contributed by atoms with Crippen molar-refractivity contribution in [3.05, 3.63) is 66.2 Å². The topological polar surface area (TPSA) is 118 Å². The largest absolute Gasteiger partial charge is 0.395 e. The number of nitrogen functional groups attached to an aromatic ring is 1. The molecule has 30 heavy (non-hydrogen) atoms. The van der Waals surface area contributed by atoms with Crippen molar-refractivity contribution in [2.24, 2.45) is 0 Å². The van der Waals surface area contributed by atoms with E-state index >= 15 is 0 Å². The van der Waals surface area contributed by atoms with Gasteiger partial charge in [0.2, 0.25) is 10.0 Å². The van der Waals surface area contributed by atoms with Gasteiger partial charge in [-0.1, -0.05) is 30.3 Å². The Kier molecular flexibility index (Phi) is 7.85. The van der Waals surface area contributed by atoms with Crippen LogP contribution in [-0.4, -0.2) is 36.1 Å². The molecule has 0 aliphatic heterocycles. The fourth-order valence-electron chi connectivity index (χ4n) is 2.89. The third kappa shape index (κ3) is 5.73. The molecule has 160 valence electrons. The van der Waals surface area contributed by atoms with Gasteiger partial charge in [-0.2, -0.15) is 0 Å². The molecule has 1 unspecified atom stereocenters. The zero-order chi connectivity index (χ0) is 21.0. The van der Waals surface area contributed by atoms with Crippen LogP contribution in [0.1, 0.15) is 12.5 Å². The van der Waals surface area contributed by atoms with Crippen molar-refractivity contribution in [1.82, 2.24) is 14.7 Å². The summed E-state index contributed by atoms with van der Waals surface area (Å²) >= 11 is 0. The van der Waals surface area contributed by atoms with E-state index in [0.717, 1.165) is 0 Å². The standard InChI is InChI=1S/C20H21FN4O3S.ClH/c1-13(11-26)25-29(27,28)12-15-4-2-3-5-16(15)14-6-7-17(18(21)8-14)19-9-24-20(22)10-23-19;/h2-10,13,25-26H,11-12H2,1H3,(H2,22,24);1H. The van der Waals surface area contributed by atoms with E-state index in [1.807, 2.05) is 0 Å². The summed E-state index contributed by atoms with van der Waals surface area (Å²) in [7, 11) is -3.68. The first-order valence-corrected chi connectivity index (χ1v) is 10.5. The number of hydrogen-bond donors (Lipinski definition) is 3.